The Morgan fingerprint density at radius 3 is 2.79 bits per heavy atom. The first-order valence-corrected chi connectivity index (χ1v) is 9.78. The number of halogens is 1. The number of methoxy groups -OCH3 is 1. The molecule has 0 bridgehead atoms. The van der Waals surface area contributed by atoms with Crippen LogP contribution < -0.4 is 15.0 Å². The van der Waals surface area contributed by atoms with Crippen molar-refractivity contribution in [2.75, 3.05) is 13.7 Å². The van der Waals surface area contributed by atoms with Gasteiger partial charge in [0, 0.05) is 17.6 Å². The molecule has 3 heterocycles. The summed E-state index contributed by atoms with van der Waals surface area (Å²) in [4.78, 5) is 5.19. The van der Waals surface area contributed by atoms with Gasteiger partial charge >= 0.3 is 0 Å². The Balaban J connectivity index is 1.58. The summed E-state index contributed by atoms with van der Waals surface area (Å²) < 4.78 is 13.0. The van der Waals surface area contributed by atoms with Crippen molar-refractivity contribution >= 4 is 39.7 Å². The van der Waals surface area contributed by atoms with Gasteiger partial charge in [0.15, 0.2) is 5.84 Å². The largest absolute Gasteiger partial charge is 0.497 e. The van der Waals surface area contributed by atoms with Crippen LogP contribution in [0.5, 0.6) is 11.5 Å². The maximum absolute atomic E-state index is 8.35. The lowest BCUT2D eigenvalue weighted by atomic mass is 10.2. The van der Waals surface area contributed by atoms with E-state index in [1.54, 1.807) is 37.6 Å². The molecule has 0 unspecified atom stereocenters. The number of nitrogens with one attached hydrogen (secondary N) is 2. The lowest BCUT2D eigenvalue weighted by Crippen LogP contribution is -2.32. The molecule has 0 saturated carbocycles. The summed E-state index contributed by atoms with van der Waals surface area (Å²) in [7, 11) is 1.60. The van der Waals surface area contributed by atoms with Crippen molar-refractivity contribution < 1.29 is 9.47 Å². The molecule has 0 aliphatic heterocycles. The van der Waals surface area contributed by atoms with Crippen LogP contribution in [0, 0.1) is 10.8 Å². The highest BCUT2D eigenvalue weighted by Crippen LogP contribution is 2.29. The number of nitrogens with zero attached hydrogens (tertiary/aromatic N) is 3. The number of fused-ring (bicyclic) bond motifs is 1. The van der Waals surface area contributed by atoms with Crippen LogP contribution in [0.4, 0.5) is 0 Å². The molecule has 7 nitrogen and oxygen atoms in total. The van der Waals surface area contributed by atoms with E-state index in [0.717, 1.165) is 15.8 Å². The molecule has 0 amide bonds. The first-order valence-electron chi connectivity index (χ1n) is 8.59. The Kier molecular flexibility index (Phi) is 5.28. The maximum Gasteiger partial charge on any atom is 0.162 e. The van der Waals surface area contributed by atoms with Gasteiger partial charge in [0.1, 0.15) is 29.3 Å². The molecule has 0 aliphatic rings. The third-order valence-corrected chi connectivity index (χ3v) is 5.44. The zero-order chi connectivity index (χ0) is 20.4. The van der Waals surface area contributed by atoms with Gasteiger partial charge in [-0.1, -0.05) is 11.6 Å². The second-order valence-electron chi connectivity index (χ2n) is 6.05. The maximum atomic E-state index is 8.35. The summed E-state index contributed by atoms with van der Waals surface area (Å²) in [6.45, 7) is -0.0522. The highest BCUT2D eigenvalue weighted by atomic mass is 35.5. The number of hydrogen-bond acceptors (Lipinski definition) is 7. The highest BCUT2D eigenvalue weighted by molar-refractivity contribution is 7.19. The van der Waals surface area contributed by atoms with Crippen molar-refractivity contribution in [1.29, 1.82) is 10.8 Å². The van der Waals surface area contributed by atoms with Crippen LogP contribution >= 0.6 is 22.9 Å². The topological polar surface area (TPSA) is 96.9 Å². The van der Waals surface area contributed by atoms with Crippen molar-refractivity contribution in [1.82, 2.24) is 14.8 Å². The lowest BCUT2D eigenvalue weighted by Gasteiger charge is -2.12. The number of pyridine rings is 1. The predicted molar refractivity (Wildman–Crippen MR) is 113 cm³/mol. The standard InChI is InChI=1S/C20H16ClN5O2S/c1-27-12-2-3-13-15(10-12)24-9-8-16(13)28-11-20(23)26-19(22)7-4-14(25-26)17-5-6-18(21)29-17/h2-10,22-23H,11H2,1H3. The van der Waals surface area contributed by atoms with Crippen LogP contribution in [0.3, 0.4) is 0 Å². The fourth-order valence-electron chi connectivity index (χ4n) is 2.77. The fraction of sp³-hybridized carbons (Fsp3) is 0.100. The van der Waals surface area contributed by atoms with E-state index in [-0.39, 0.29) is 17.9 Å². The van der Waals surface area contributed by atoms with Gasteiger partial charge in [-0.3, -0.25) is 15.8 Å². The molecule has 0 radical (unpaired) electrons. The molecule has 0 saturated heterocycles. The third kappa shape index (κ3) is 3.98. The van der Waals surface area contributed by atoms with E-state index in [0.29, 0.717) is 21.5 Å². The van der Waals surface area contributed by atoms with Crippen molar-refractivity contribution in [3.05, 3.63) is 64.6 Å². The zero-order valence-corrected chi connectivity index (χ0v) is 16.9. The van der Waals surface area contributed by atoms with Crippen LogP contribution in [0.15, 0.2) is 54.7 Å². The van der Waals surface area contributed by atoms with E-state index >= 15 is 0 Å². The minimum absolute atomic E-state index is 0.0398. The van der Waals surface area contributed by atoms with Gasteiger partial charge in [-0.15, -0.1) is 11.3 Å². The third-order valence-electron chi connectivity index (χ3n) is 4.19. The highest BCUT2D eigenvalue weighted by Gasteiger charge is 2.10. The van der Waals surface area contributed by atoms with Gasteiger partial charge in [0.2, 0.25) is 0 Å². The monoisotopic (exact) mass is 425 g/mol. The van der Waals surface area contributed by atoms with Crippen molar-refractivity contribution in [2.45, 2.75) is 0 Å². The molecule has 0 spiro atoms. The summed E-state index contributed by atoms with van der Waals surface area (Å²) in [5.41, 5.74) is 1.47. The molecule has 0 aliphatic carbocycles. The number of aromatic nitrogens is 3. The molecule has 1 aromatic carbocycles. The van der Waals surface area contributed by atoms with E-state index in [2.05, 4.69) is 10.1 Å². The van der Waals surface area contributed by atoms with Crippen LogP contribution in [0.2, 0.25) is 4.34 Å². The van der Waals surface area contributed by atoms with Crippen LogP contribution in [0.1, 0.15) is 0 Å². The van der Waals surface area contributed by atoms with Gasteiger partial charge in [-0.2, -0.15) is 9.78 Å². The lowest BCUT2D eigenvalue weighted by molar-refractivity contribution is 0.373. The molecule has 9 heteroatoms. The molecule has 146 valence electrons. The second-order valence-corrected chi connectivity index (χ2v) is 7.76. The molecule has 3 aromatic heterocycles. The smallest absolute Gasteiger partial charge is 0.162 e. The van der Waals surface area contributed by atoms with E-state index in [1.807, 2.05) is 24.3 Å². The molecular weight excluding hydrogens is 410 g/mol. The Morgan fingerprint density at radius 1 is 1.17 bits per heavy atom. The molecule has 0 atom stereocenters. The SMILES string of the molecule is COc1ccc2c(OCC(=N)n3nc(-c4ccc(Cl)s4)ccc3=N)ccnc2c1. The summed E-state index contributed by atoms with van der Waals surface area (Å²) in [6, 6.07) is 14.2. The zero-order valence-electron chi connectivity index (χ0n) is 15.3. The number of benzene rings is 1. The second kappa shape index (κ2) is 8.02. The first-order chi connectivity index (χ1) is 14.0. The summed E-state index contributed by atoms with van der Waals surface area (Å²) in [6.07, 6.45) is 1.64. The minimum Gasteiger partial charge on any atom is -0.497 e. The summed E-state index contributed by atoms with van der Waals surface area (Å²) >= 11 is 7.39. The average Bonchev–Trinajstić information content (AvgIpc) is 3.18. The molecule has 2 N–H and O–H groups in total. The van der Waals surface area contributed by atoms with E-state index in [9.17, 15) is 0 Å². The Morgan fingerprint density at radius 2 is 2.03 bits per heavy atom. The van der Waals surface area contributed by atoms with Gasteiger partial charge in [0.25, 0.3) is 0 Å². The van der Waals surface area contributed by atoms with E-state index < -0.39 is 0 Å². The van der Waals surface area contributed by atoms with Crippen LogP contribution in [-0.2, 0) is 0 Å². The number of thiophene rings is 1. The van der Waals surface area contributed by atoms with Gasteiger partial charge in [-0.25, -0.2) is 0 Å². The van der Waals surface area contributed by atoms with Gasteiger partial charge in [-0.05, 0) is 42.5 Å². The van der Waals surface area contributed by atoms with Crippen LogP contribution in [-0.4, -0.2) is 34.3 Å². The average molecular weight is 426 g/mol. The van der Waals surface area contributed by atoms with Gasteiger partial charge < -0.3 is 9.47 Å². The number of hydrogen-bond donors (Lipinski definition) is 2. The van der Waals surface area contributed by atoms with Crippen LogP contribution in [0.25, 0.3) is 21.5 Å². The van der Waals surface area contributed by atoms with E-state index in [4.69, 9.17) is 31.9 Å². The summed E-state index contributed by atoms with van der Waals surface area (Å²) in [5, 5.41) is 21.6. The molecular formula is C20H16ClN5O2S. The molecule has 4 rings (SSSR count). The Hall–Kier alpha value is -3.23. The molecule has 0 fully saturated rings. The number of ether oxygens (including phenoxy) is 2. The minimum atomic E-state index is -0.0522. The predicted octanol–water partition coefficient (Wildman–Crippen LogP) is 4.21. The van der Waals surface area contributed by atoms with Gasteiger partial charge in [0.05, 0.1) is 21.8 Å². The normalized spacial score (nSPS) is 10.8. The first kappa shape index (κ1) is 19.1. The Bertz CT molecular complexity index is 1270. The van der Waals surface area contributed by atoms with Crippen molar-refractivity contribution in [3.63, 3.8) is 0 Å². The quantitative estimate of drug-likeness (QED) is 0.370. The Labute approximate surface area is 175 Å². The summed E-state index contributed by atoms with van der Waals surface area (Å²) in [5.74, 6) is 1.34. The van der Waals surface area contributed by atoms with Crippen molar-refractivity contribution in [3.8, 4) is 22.1 Å². The molecule has 29 heavy (non-hydrogen) atoms. The van der Waals surface area contributed by atoms with E-state index in [1.165, 1.54) is 16.0 Å². The molecule has 4 aromatic rings. The fourth-order valence-corrected chi connectivity index (χ4v) is 3.78. The number of rotatable bonds is 5. The van der Waals surface area contributed by atoms with Crippen molar-refractivity contribution in [2.24, 2.45) is 0 Å².